The number of hydrogen-bond donors (Lipinski definition) is 2. The van der Waals surface area contributed by atoms with Crippen molar-refractivity contribution in [2.24, 2.45) is 0 Å². The number of thioether (sulfide) groups is 1. The second kappa shape index (κ2) is 12.7. The highest BCUT2D eigenvalue weighted by Crippen LogP contribution is 2.41. The Morgan fingerprint density at radius 3 is 2.47 bits per heavy atom. The Kier molecular flexibility index (Phi) is 9.37. The van der Waals surface area contributed by atoms with Crippen molar-refractivity contribution in [3.05, 3.63) is 94.2 Å². The molecule has 0 fully saturated rings. The number of allylic oxidation sites excluding steroid dienone is 2. The Hall–Kier alpha value is -3.96. The topological polar surface area (TPSA) is 100 Å². The summed E-state index contributed by atoms with van der Waals surface area (Å²) in [7, 11) is 0. The monoisotopic (exact) mass is 503 g/mol. The van der Waals surface area contributed by atoms with Crippen LogP contribution in [0.5, 0.6) is 5.75 Å². The van der Waals surface area contributed by atoms with Crippen LogP contribution in [0.2, 0.25) is 0 Å². The van der Waals surface area contributed by atoms with Gasteiger partial charge in [0.1, 0.15) is 12.4 Å². The van der Waals surface area contributed by atoms with E-state index in [0.717, 1.165) is 11.1 Å². The highest BCUT2D eigenvalue weighted by Gasteiger charge is 2.35. The summed E-state index contributed by atoms with van der Waals surface area (Å²) >= 11 is 1.21. The summed E-state index contributed by atoms with van der Waals surface area (Å²) < 4.78 is 10.9. The van der Waals surface area contributed by atoms with E-state index in [1.54, 1.807) is 19.1 Å². The molecule has 0 radical (unpaired) electrons. The maximum absolute atomic E-state index is 13.0. The first-order valence-corrected chi connectivity index (χ1v) is 12.5. The van der Waals surface area contributed by atoms with Crippen molar-refractivity contribution in [3.8, 4) is 11.8 Å². The van der Waals surface area contributed by atoms with Crippen LogP contribution in [0.25, 0.3) is 0 Å². The highest BCUT2D eigenvalue weighted by atomic mass is 32.2. The molecule has 1 amide bonds. The minimum atomic E-state index is -0.660. The predicted molar refractivity (Wildman–Crippen MR) is 142 cm³/mol. The number of nitrogens with one attached hydrogen (secondary N) is 2. The van der Waals surface area contributed by atoms with Crippen molar-refractivity contribution < 1.29 is 19.1 Å². The Bertz CT molecular complexity index is 1220. The smallest absolute Gasteiger partial charge is 0.337 e. The van der Waals surface area contributed by atoms with Crippen molar-refractivity contribution in [1.82, 2.24) is 5.32 Å². The molecule has 1 aliphatic rings. The van der Waals surface area contributed by atoms with E-state index < -0.39 is 11.9 Å². The van der Waals surface area contributed by atoms with Crippen molar-refractivity contribution in [2.75, 3.05) is 24.3 Å². The summed E-state index contributed by atoms with van der Waals surface area (Å²) in [5.41, 5.74) is 3.77. The van der Waals surface area contributed by atoms with Crippen LogP contribution in [-0.2, 0) is 14.3 Å². The zero-order chi connectivity index (χ0) is 26.1. The Morgan fingerprint density at radius 2 is 1.86 bits per heavy atom. The molecular weight excluding hydrogens is 474 g/mol. The number of aryl methyl sites for hydroxylation is 1. The van der Waals surface area contributed by atoms with E-state index in [1.165, 1.54) is 17.8 Å². The Morgan fingerprint density at radius 1 is 1.17 bits per heavy atom. The van der Waals surface area contributed by atoms with E-state index in [0.29, 0.717) is 39.9 Å². The van der Waals surface area contributed by atoms with Gasteiger partial charge in [-0.3, -0.25) is 4.79 Å². The number of esters is 1. The second-order valence-corrected chi connectivity index (χ2v) is 9.03. The summed E-state index contributed by atoms with van der Waals surface area (Å²) in [6.45, 7) is 9.81. The quantitative estimate of drug-likeness (QED) is 0.340. The Labute approximate surface area is 215 Å². The molecule has 2 N–H and O–H groups in total. The van der Waals surface area contributed by atoms with Crippen LogP contribution in [0.3, 0.4) is 0 Å². The van der Waals surface area contributed by atoms with E-state index in [4.69, 9.17) is 9.47 Å². The molecule has 0 saturated carbocycles. The lowest BCUT2D eigenvalue weighted by atomic mass is 9.82. The summed E-state index contributed by atoms with van der Waals surface area (Å²) in [5.74, 6) is -0.622. The predicted octanol–water partition coefficient (Wildman–Crippen LogP) is 5.19. The van der Waals surface area contributed by atoms with Crippen molar-refractivity contribution in [2.45, 2.75) is 26.7 Å². The fourth-order valence-electron chi connectivity index (χ4n) is 3.74. The fraction of sp³-hybridized carbons (Fsp3) is 0.250. The number of hydrogen-bond acceptors (Lipinski definition) is 7. The van der Waals surface area contributed by atoms with E-state index in [2.05, 4.69) is 23.3 Å². The molecular formula is C28H29N3O4S. The van der Waals surface area contributed by atoms with E-state index in [9.17, 15) is 14.9 Å². The van der Waals surface area contributed by atoms with Crippen LogP contribution in [0.1, 0.15) is 30.9 Å². The molecule has 0 bridgehead atoms. The lowest BCUT2D eigenvalue weighted by Gasteiger charge is -2.29. The largest absolute Gasteiger partial charge is 0.494 e. The number of anilines is 1. The SMILES string of the molecule is C=CCOC(=O)C1=C(C)NC(SCC(=O)Nc2ccc(C)cc2)=C(C#N)C1c1ccc(OCC)cc1. The van der Waals surface area contributed by atoms with Crippen LogP contribution in [0.15, 0.2) is 83.1 Å². The summed E-state index contributed by atoms with van der Waals surface area (Å²) in [6.07, 6.45) is 1.49. The standard InChI is InChI=1S/C28H29N3O4S/c1-5-15-35-28(33)25-19(4)30-27(36-17-24(32)31-21-11-7-18(3)8-12-21)23(16-29)26(25)20-9-13-22(14-10-20)34-6-2/h5,7-14,26,30H,1,6,15,17H2,2-4H3,(H,31,32). The number of nitrogens with zero attached hydrogens (tertiary/aromatic N) is 1. The minimum absolute atomic E-state index is 0.0536. The second-order valence-electron chi connectivity index (χ2n) is 8.04. The van der Waals surface area contributed by atoms with Gasteiger partial charge in [0.25, 0.3) is 0 Å². The molecule has 1 aliphatic heterocycles. The molecule has 0 spiro atoms. The highest BCUT2D eigenvalue weighted by molar-refractivity contribution is 8.03. The zero-order valence-corrected chi connectivity index (χ0v) is 21.4. The average molecular weight is 504 g/mol. The maximum atomic E-state index is 13.0. The molecule has 1 heterocycles. The van der Waals surface area contributed by atoms with Gasteiger partial charge in [0.2, 0.25) is 5.91 Å². The number of benzene rings is 2. The summed E-state index contributed by atoms with van der Waals surface area (Å²) in [5, 5.41) is 16.7. The van der Waals surface area contributed by atoms with Crippen LogP contribution in [0, 0.1) is 18.3 Å². The van der Waals surface area contributed by atoms with Crippen molar-refractivity contribution in [3.63, 3.8) is 0 Å². The number of carbonyl (C=O) groups is 2. The first-order chi connectivity index (χ1) is 17.4. The molecule has 3 rings (SSSR count). The molecule has 2 aromatic carbocycles. The Balaban J connectivity index is 1.90. The number of nitriles is 1. The van der Waals surface area contributed by atoms with Gasteiger partial charge >= 0.3 is 5.97 Å². The van der Waals surface area contributed by atoms with Crippen LogP contribution in [0.4, 0.5) is 5.69 Å². The minimum Gasteiger partial charge on any atom is -0.494 e. The molecule has 0 saturated heterocycles. The lowest BCUT2D eigenvalue weighted by Crippen LogP contribution is -2.29. The molecule has 186 valence electrons. The van der Waals surface area contributed by atoms with Gasteiger partial charge in [-0.15, -0.1) is 0 Å². The third-order valence-corrected chi connectivity index (χ3v) is 6.42. The number of carbonyl (C=O) groups excluding carboxylic acids is 2. The molecule has 8 heteroatoms. The normalized spacial score (nSPS) is 15.0. The number of amides is 1. The van der Waals surface area contributed by atoms with E-state index >= 15 is 0 Å². The lowest BCUT2D eigenvalue weighted by molar-refractivity contribution is -0.138. The third kappa shape index (κ3) is 6.58. The van der Waals surface area contributed by atoms with Crippen molar-refractivity contribution >= 4 is 29.3 Å². The van der Waals surface area contributed by atoms with Gasteiger partial charge in [-0.25, -0.2) is 4.79 Å². The number of ether oxygens (including phenoxy) is 2. The molecule has 0 aromatic heterocycles. The first-order valence-electron chi connectivity index (χ1n) is 11.5. The molecule has 2 aromatic rings. The number of rotatable bonds is 10. The number of dihydropyridines is 1. The van der Waals surface area contributed by atoms with Gasteiger partial charge in [-0.1, -0.05) is 54.2 Å². The van der Waals surface area contributed by atoms with E-state index in [1.807, 2.05) is 50.2 Å². The van der Waals surface area contributed by atoms with Gasteiger partial charge in [-0.05, 0) is 50.6 Å². The molecule has 0 aliphatic carbocycles. The first kappa shape index (κ1) is 26.6. The average Bonchev–Trinajstić information content (AvgIpc) is 2.87. The maximum Gasteiger partial charge on any atom is 0.337 e. The van der Waals surface area contributed by atoms with Gasteiger partial charge in [-0.2, -0.15) is 5.26 Å². The third-order valence-electron chi connectivity index (χ3n) is 5.41. The molecule has 1 unspecified atom stereocenters. The van der Waals surface area contributed by atoms with E-state index in [-0.39, 0.29) is 18.3 Å². The summed E-state index contributed by atoms with van der Waals surface area (Å²) in [6, 6.07) is 17.1. The molecule has 36 heavy (non-hydrogen) atoms. The van der Waals surface area contributed by atoms with Gasteiger partial charge in [0.15, 0.2) is 0 Å². The van der Waals surface area contributed by atoms with Gasteiger partial charge in [0, 0.05) is 11.4 Å². The summed E-state index contributed by atoms with van der Waals surface area (Å²) in [4.78, 5) is 25.6. The zero-order valence-electron chi connectivity index (χ0n) is 20.6. The van der Waals surface area contributed by atoms with Gasteiger partial charge in [0.05, 0.1) is 40.5 Å². The molecule has 1 atom stereocenters. The van der Waals surface area contributed by atoms with Crippen molar-refractivity contribution in [1.29, 1.82) is 5.26 Å². The van der Waals surface area contributed by atoms with Gasteiger partial charge < -0.3 is 20.1 Å². The van der Waals surface area contributed by atoms with Crippen LogP contribution < -0.4 is 15.4 Å². The van der Waals surface area contributed by atoms with Crippen LogP contribution >= 0.6 is 11.8 Å². The fourth-order valence-corrected chi connectivity index (χ4v) is 4.63. The molecule has 7 nitrogen and oxygen atoms in total. The van der Waals surface area contributed by atoms with Crippen LogP contribution in [-0.4, -0.2) is 30.8 Å².